The van der Waals surface area contributed by atoms with Gasteiger partial charge in [-0.2, -0.15) is 0 Å². The minimum absolute atomic E-state index is 0.100. The Kier molecular flexibility index (Phi) is 2.55. The maximum absolute atomic E-state index is 9.11. The van der Waals surface area contributed by atoms with Crippen LogP contribution in [0.3, 0.4) is 0 Å². The van der Waals surface area contributed by atoms with Crippen molar-refractivity contribution >= 4 is 0 Å². The van der Waals surface area contributed by atoms with E-state index < -0.39 is 5.79 Å². The molecule has 0 aromatic heterocycles. The number of aliphatic hydroxyl groups excluding tert-OH is 1. The van der Waals surface area contributed by atoms with Gasteiger partial charge < -0.3 is 20.3 Å². The van der Waals surface area contributed by atoms with Crippen molar-refractivity contribution in [3.63, 3.8) is 0 Å². The molecule has 0 bridgehead atoms. The highest BCUT2D eigenvalue weighted by Crippen LogP contribution is 2.37. The Morgan fingerprint density at radius 2 is 2.08 bits per heavy atom. The molecule has 3 N–H and O–H groups in total. The molecule has 0 aromatic rings. The maximum atomic E-state index is 9.11. The van der Waals surface area contributed by atoms with Crippen LogP contribution >= 0.6 is 0 Å². The van der Waals surface area contributed by atoms with Crippen molar-refractivity contribution in [3.8, 4) is 0 Å². The predicted octanol–water partition coefficient (Wildman–Crippen LogP) is -0.151. The highest BCUT2D eigenvalue weighted by Gasteiger charge is 2.43. The summed E-state index contributed by atoms with van der Waals surface area (Å²) in [6, 6.07) is 0.100. The van der Waals surface area contributed by atoms with E-state index in [0.717, 1.165) is 19.3 Å². The van der Waals surface area contributed by atoms with Crippen molar-refractivity contribution in [2.45, 2.75) is 31.1 Å². The van der Waals surface area contributed by atoms with Crippen LogP contribution < -0.4 is 5.73 Å². The molecule has 0 aromatic carbocycles. The fourth-order valence-electron chi connectivity index (χ4n) is 2.23. The molecule has 2 atom stereocenters. The van der Waals surface area contributed by atoms with Crippen LogP contribution in [0.25, 0.3) is 0 Å². The molecule has 1 aliphatic heterocycles. The first kappa shape index (κ1) is 9.40. The number of rotatable bonds is 1. The Morgan fingerprint density at radius 1 is 1.38 bits per heavy atom. The molecule has 0 radical (unpaired) electrons. The lowest BCUT2D eigenvalue weighted by molar-refractivity contribution is -0.192. The number of aliphatic hydroxyl groups is 1. The zero-order valence-corrected chi connectivity index (χ0v) is 7.74. The first-order valence-electron chi connectivity index (χ1n) is 4.90. The quantitative estimate of drug-likeness (QED) is 0.599. The highest BCUT2D eigenvalue weighted by molar-refractivity contribution is 4.89. The Labute approximate surface area is 78.0 Å². The third-order valence-electron chi connectivity index (χ3n) is 3.09. The van der Waals surface area contributed by atoms with Gasteiger partial charge in [-0.25, -0.2) is 0 Å². The van der Waals surface area contributed by atoms with Crippen LogP contribution in [-0.2, 0) is 9.47 Å². The Hall–Kier alpha value is -0.160. The molecular formula is C9H17NO3. The van der Waals surface area contributed by atoms with Gasteiger partial charge in [-0.05, 0) is 6.42 Å². The Balaban J connectivity index is 2.01. The minimum Gasteiger partial charge on any atom is -0.396 e. The summed E-state index contributed by atoms with van der Waals surface area (Å²) in [4.78, 5) is 0. The van der Waals surface area contributed by atoms with Crippen molar-refractivity contribution in [1.29, 1.82) is 0 Å². The average Bonchev–Trinajstić information content (AvgIpc) is 2.59. The van der Waals surface area contributed by atoms with E-state index in [0.29, 0.717) is 13.2 Å². The largest absolute Gasteiger partial charge is 0.396 e. The lowest BCUT2D eigenvalue weighted by Gasteiger charge is -2.38. The fraction of sp³-hybridized carbons (Fsp3) is 1.00. The van der Waals surface area contributed by atoms with Gasteiger partial charge >= 0.3 is 0 Å². The molecule has 4 heteroatoms. The normalized spacial score (nSPS) is 38.3. The zero-order valence-electron chi connectivity index (χ0n) is 7.74. The fourth-order valence-corrected chi connectivity index (χ4v) is 2.23. The van der Waals surface area contributed by atoms with Crippen LogP contribution in [0.5, 0.6) is 0 Å². The van der Waals surface area contributed by atoms with Crippen LogP contribution in [-0.4, -0.2) is 36.8 Å². The summed E-state index contributed by atoms with van der Waals surface area (Å²) in [5, 5.41) is 9.11. The summed E-state index contributed by atoms with van der Waals surface area (Å²) in [5.41, 5.74) is 5.87. The maximum Gasteiger partial charge on any atom is 0.168 e. The molecule has 1 saturated heterocycles. The molecule has 13 heavy (non-hydrogen) atoms. The van der Waals surface area contributed by atoms with Gasteiger partial charge in [-0.15, -0.1) is 0 Å². The van der Waals surface area contributed by atoms with Crippen molar-refractivity contribution in [2.24, 2.45) is 11.7 Å². The second kappa shape index (κ2) is 3.53. The van der Waals surface area contributed by atoms with Gasteiger partial charge in [0.05, 0.1) is 13.2 Å². The van der Waals surface area contributed by atoms with Crippen molar-refractivity contribution in [1.82, 2.24) is 0 Å². The van der Waals surface area contributed by atoms with E-state index in [1.807, 2.05) is 0 Å². The molecule has 0 amide bonds. The van der Waals surface area contributed by atoms with Crippen molar-refractivity contribution in [3.05, 3.63) is 0 Å². The van der Waals surface area contributed by atoms with Gasteiger partial charge in [0.25, 0.3) is 0 Å². The lowest BCUT2D eigenvalue weighted by atomic mass is 9.81. The summed E-state index contributed by atoms with van der Waals surface area (Å²) >= 11 is 0. The summed E-state index contributed by atoms with van der Waals surface area (Å²) in [5.74, 6) is -0.282. The van der Waals surface area contributed by atoms with Gasteiger partial charge in [-0.3, -0.25) is 0 Å². The molecule has 2 rings (SSSR count). The molecule has 4 nitrogen and oxygen atoms in total. The molecule has 1 saturated carbocycles. The number of hydrogen-bond acceptors (Lipinski definition) is 4. The first-order chi connectivity index (χ1) is 6.26. The minimum atomic E-state index is -0.413. The van der Waals surface area contributed by atoms with Gasteiger partial charge in [-0.1, -0.05) is 0 Å². The van der Waals surface area contributed by atoms with E-state index in [9.17, 15) is 0 Å². The summed E-state index contributed by atoms with van der Waals surface area (Å²) in [6.07, 6.45) is 2.49. The third-order valence-corrected chi connectivity index (χ3v) is 3.09. The van der Waals surface area contributed by atoms with Gasteiger partial charge in [0, 0.05) is 31.4 Å². The van der Waals surface area contributed by atoms with Gasteiger partial charge in [0.15, 0.2) is 5.79 Å². The Morgan fingerprint density at radius 3 is 2.69 bits per heavy atom. The van der Waals surface area contributed by atoms with Crippen molar-refractivity contribution < 1.29 is 14.6 Å². The smallest absolute Gasteiger partial charge is 0.168 e. The van der Waals surface area contributed by atoms with Gasteiger partial charge in [0.2, 0.25) is 0 Å². The van der Waals surface area contributed by atoms with Crippen LogP contribution in [0.1, 0.15) is 19.3 Å². The zero-order chi connectivity index (χ0) is 9.31. The SMILES string of the molecule is N[C@@H]1CCC2(CC1CO)OCCO2. The predicted molar refractivity (Wildman–Crippen MR) is 47.0 cm³/mol. The lowest BCUT2D eigenvalue weighted by Crippen LogP contribution is -2.47. The second-order valence-electron chi connectivity index (χ2n) is 3.96. The van der Waals surface area contributed by atoms with Crippen LogP contribution in [0.15, 0.2) is 0 Å². The highest BCUT2D eigenvalue weighted by atomic mass is 16.7. The standard InChI is InChI=1S/C9H17NO3/c10-8-1-2-9(5-7(8)6-11)12-3-4-13-9/h7-8,11H,1-6,10H2/t7?,8-/m1/s1. The molecule has 2 fully saturated rings. The van der Waals surface area contributed by atoms with E-state index in [1.165, 1.54) is 0 Å². The molecule has 1 spiro atoms. The van der Waals surface area contributed by atoms with E-state index in [1.54, 1.807) is 0 Å². The monoisotopic (exact) mass is 187 g/mol. The molecule has 2 aliphatic rings. The number of nitrogens with two attached hydrogens (primary N) is 1. The van der Waals surface area contributed by atoms with E-state index in [4.69, 9.17) is 20.3 Å². The van der Waals surface area contributed by atoms with Crippen LogP contribution in [0.2, 0.25) is 0 Å². The number of hydrogen-bond donors (Lipinski definition) is 2. The van der Waals surface area contributed by atoms with Crippen LogP contribution in [0.4, 0.5) is 0 Å². The summed E-state index contributed by atoms with van der Waals surface area (Å²) < 4.78 is 11.1. The van der Waals surface area contributed by atoms with E-state index in [2.05, 4.69) is 0 Å². The van der Waals surface area contributed by atoms with Gasteiger partial charge in [0.1, 0.15) is 0 Å². The first-order valence-corrected chi connectivity index (χ1v) is 4.90. The summed E-state index contributed by atoms with van der Waals surface area (Å²) in [7, 11) is 0. The summed E-state index contributed by atoms with van der Waals surface area (Å²) in [6.45, 7) is 1.48. The van der Waals surface area contributed by atoms with Crippen LogP contribution in [0, 0.1) is 5.92 Å². The molecule has 76 valence electrons. The molecule has 1 aliphatic carbocycles. The Bertz CT molecular complexity index is 180. The van der Waals surface area contributed by atoms with E-state index in [-0.39, 0.29) is 18.6 Å². The molecule has 1 unspecified atom stereocenters. The molecular weight excluding hydrogens is 170 g/mol. The van der Waals surface area contributed by atoms with E-state index >= 15 is 0 Å². The molecule has 1 heterocycles. The number of ether oxygens (including phenoxy) is 2. The average molecular weight is 187 g/mol. The second-order valence-corrected chi connectivity index (χ2v) is 3.96. The topological polar surface area (TPSA) is 64.7 Å². The van der Waals surface area contributed by atoms with Crippen molar-refractivity contribution in [2.75, 3.05) is 19.8 Å². The third kappa shape index (κ3) is 1.72.